The van der Waals surface area contributed by atoms with E-state index in [0.717, 1.165) is 64.6 Å². The quantitative estimate of drug-likeness (QED) is 0.101. The van der Waals surface area contributed by atoms with Gasteiger partial charge in [0.05, 0.1) is 21.7 Å². The predicted molar refractivity (Wildman–Crippen MR) is 625 cm³/mol. The Balaban J connectivity index is 0.000000112. The van der Waals surface area contributed by atoms with Gasteiger partial charge in [-0.15, -0.1) is 0 Å². The van der Waals surface area contributed by atoms with E-state index in [1.54, 1.807) is 0 Å². The zero-order valence-corrected chi connectivity index (χ0v) is 85.5. The minimum absolute atomic E-state index is 0.430. The highest BCUT2D eigenvalue weighted by atomic mass is 79.9. The second kappa shape index (κ2) is 36.9. The maximum atomic E-state index is 3.88. The Kier molecular flexibility index (Phi) is 22.4. The molecule has 0 N–H and O–H groups in total. The smallest absolute Gasteiger partial charge is 0.0726 e. The van der Waals surface area contributed by atoms with Gasteiger partial charge < -0.3 is 14.7 Å². The lowest BCUT2D eigenvalue weighted by Gasteiger charge is -2.35. The zero-order chi connectivity index (χ0) is 98.6. The SMILES string of the molecule is Brc1ccc2c(c1)C(c1ccccc1)(c1ccccc1)c1cc(N(c3ccccc3)c3ccc4c(c3)C3(c5ccccc5-c5ccccc53)c3ccccc3-4)ccc1-2.Brc1ccc2c(c1)C(c1ccccc1)(c1ccccc1)c1cc(N(c3ccccc3)c3ccccc3)ccc1-2.Brc1ccc2c(c1)C1(c3ccccc3-c3ccccc31)c1cc(N(c3ccc(-c4ccccc4)cc3)c3ccc(-c4ccccc4)cc3)ccc1-2. The summed E-state index contributed by atoms with van der Waals surface area (Å²) in [5, 5.41) is 0. The van der Waals surface area contributed by atoms with Gasteiger partial charge in [0, 0.05) is 64.6 Å². The van der Waals surface area contributed by atoms with Gasteiger partial charge in [0.1, 0.15) is 0 Å². The highest BCUT2D eigenvalue weighted by Crippen LogP contribution is 2.68. The normalized spacial score (nSPS) is 13.5. The fourth-order valence-corrected chi connectivity index (χ4v) is 26.7. The fraction of sp³-hybridized carbons (Fsp3) is 0.0282. The summed E-state index contributed by atoms with van der Waals surface area (Å²) in [6.45, 7) is 0. The van der Waals surface area contributed by atoms with Crippen LogP contribution in [0.2, 0.25) is 0 Å². The molecule has 0 saturated carbocycles. The number of nitrogens with zero attached hydrogens (tertiary/aromatic N) is 3. The summed E-state index contributed by atoms with van der Waals surface area (Å²) in [7, 11) is 0. The van der Waals surface area contributed by atoms with E-state index in [4.69, 9.17) is 0 Å². The van der Waals surface area contributed by atoms with Crippen LogP contribution < -0.4 is 14.7 Å². The van der Waals surface area contributed by atoms with E-state index in [9.17, 15) is 0 Å². The van der Waals surface area contributed by atoms with Crippen LogP contribution in [0.1, 0.15) is 89.0 Å². The summed E-state index contributed by atoms with van der Waals surface area (Å²) in [6, 6.07) is 209. The molecule has 0 aromatic heterocycles. The van der Waals surface area contributed by atoms with Crippen molar-refractivity contribution in [1.82, 2.24) is 0 Å². The number of anilines is 9. The van der Waals surface area contributed by atoms with Crippen LogP contribution in [0.5, 0.6) is 0 Å². The van der Waals surface area contributed by atoms with Crippen molar-refractivity contribution in [3.63, 3.8) is 0 Å². The Morgan fingerprint density at radius 1 is 0.115 bits per heavy atom. The Bertz CT molecular complexity index is 8730. The van der Waals surface area contributed by atoms with E-state index >= 15 is 0 Å². The van der Waals surface area contributed by atoms with Crippen LogP contribution in [-0.4, -0.2) is 0 Å². The van der Waals surface area contributed by atoms with Crippen LogP contribution in [0.4, 0.5) is 51.2 Å². The summed E-state index contributed by atoms with van der Waals surface area (Å²) in [4.78, 5) is 7.22. The molecule has 148 heavy (non-hydrogen) atoms. The highest BCUT2D eigenvalue weighted by molar-refractivity contribution is 9.11. The monoisotopic (exact) mass is 2080 g/mol. The summed E-state index contributed by atoms with van der Waals surface area (Å²) in [5.41, 5.74) is 49.4. The molecular weight excluding hydrogens is 1990 g/mol. The van der Waals surface area contributed by atoms with Crippen molar-refractivity contribution in [2.24, 2.45) is 0 Å². The molecule has 23 aromatic carbocycles. The van der Waals surface area contributed by atoms with Crippen molar-refractivity contribution < 1.29 is 0 Å². The van der Waals surface area contributed by atoms with E-state index in [2.05, 4.69) is 633 Å². The van der Waals surface area contributed by atoms with Crippen molar-refractivity contribution in [2.75, 3.05) is 14.7 Å². The molecule has 0 atom stereocenters. The molecule has 0 amide bonds. The first-order chi connectivity index (χ1) is 73.1. The van der Waals surface area contributed by atoms with Gasteiger partial charge in [0.25, 0.3) is 0 Å². The Morgan fingerprint density at radius 3 is 0.534 bits per heavy atom. The predicted octanol–water partition coefficient (Wildman–Crippen LogP) is 38.5. The third kappa shape index (κ3) is 14.2. The van der Waals surface area contributed by atoms with Gasteiger partial charge in [-0.05, 0) is 324 Å². The molecule has 0 fully saturated rings. The fourth-order valence-electron chi connectivity index (χ4n) is 25.6. The summed E-state index contributed by atoms with van der Waals surface area (Å²) < 4.78 is 3.25. The number of hydrogen-bond donors (Lipinski definition) is 0. The van der Waals surface area contributed by atoms with Crippen molar-refractivity contribution in [3.05, 3.63) is 673 Å². The van der Waals surface area contributed by atoms with E-state index in [-0.39, 0.29) is 0 Å². The number of hydrogen-bond acceptors (Lipinski definition) is 3. The van der Waals surface area contributed by atoms with Gasteiger partial charge >= 0.3 is 0 Å². The van der Waals surface area contributed by atoms with Crippen molar-refractivity contribution in [3.8, 4) is 89.0 Å². The van der Waals surface area contributed by atoms with Crippen LogP contribution in [-0.2, 0) is 21.7 Å². The van der Waals surface area contributed by atoms with Crippen molar-refractivity contribution in [2.45, 2.75) is 21.7 Å². The number of para-hydroxylation sites is 3. The van der Waals surface area contributed by atoms with Gasteiger partial charge in [0.15, 0.2) is 0 Å². The maximum absolute atomic E-state index is 3.88. The van der Waals surface area contributed by atoms with Crippen LogP contribution in [0.15, 0.2) is 584 Å². The Morgan fingerprint density at radius 2 is 0.277 bits per heavy atom. The summed E-state index contributed by atoms with van der Waals surface area (Å²) in [6.07, 6.45) is 0. The first kappa shape index (κ1) is 89.7. The van der Waals surface area contributed by atoms with Crippen LogP contribution >= 0.6 is 47.8 Å². The van der Waals surface area contributed by atoms with E-state index in [0.29, 0.717) is 0 Å². The topological polar surface area (TPSA) is 9.72 Å². The lowest BCUT2D eigenvalue weighted by atomic mass is 9.67. The second-order valence-corrected chi connectivity index (χ2v) is 41.8. The first-order valence-corrected chi connectivity index (χ1v) is 53.1. The van der Waals surface area contributed by atoms with Gasteiger partial charge in [0.2, 0.25) is 0 Å². The lowest BCUT2D eigenvalue weighted by molar-refractivity contribution is 0.768. The molecule has 3 nitrogen and oxygen atoms in total. The third-order valence-corrected chi connectivity index (χ3v) is 33.0. The van der Waals surface area contributed by atoms with Gasteiger partial charge in [-0.3, -0.25) is 0 Å². The molecule has 6 aliphatic carbocycles. The third-order valence-electron chi connectivity index (χ3n) is 31.6. The second-order valence-electron chi connectivity index (χ2n) is 39.0. The minimum Gasteiger partial charge on any atom is -0.310 e. The molecule has 698 valence electrons. The molecule has 0 bridgehead atoms. The van der Waals surface area contributed by atoms with Crippen molar-refractivity contribution >= 4 is 99.0 Å². The molecule has 23 aromatic rings. The number of rotatable bonds is 15. The average Bonchev–Trinajstić information content (AvgIpc) is 1.50. The molecule has 0 saturated heterocycles. The van der Waals surface area contributed by atoms with Crippen LogP contribution in [0, 0.1) is 0 Å². The molecule has 6 aliphatic rings. The first-order valence-electron chi connectivity index (χ1n) is 50.7. The molecule has 6 heteroatoms. The maximum Gasteiger partial charge on any atom is 0.0726 e. The van der Waals surface area contributed by atoms with Gasteiger partial charge in [-0.1, -0.05) is 472 Å². The van der Waals surface area contributed by atoms with E-state index in [1.165, 1.54) is 178 Å². The molecular formula is C142H94Br3N3. The average molecular weight is 2080 g/mol. The Labute approximate surface area is 889 Å². The molecule has 0 unspecified atom stereocenters. The summed E-state index contributed by atoms with van der Waals surface area (Å²) >= 11 is 11.5. The van der Waals surface area contributed by atoms with Gasteiger partial charge in [-0.2, -0.15) is 0 Å². The highest BCUT2D eigenvalue weighted by Gasteiger charge is 2.55. The Hall–Kier alpha value is -17.1. The molecule has 2 spiro atoms. The molecule has 0 heterocycles. The lowest BCUT2D eigenvalue weighted by Crippen LogP contribution is -2.28. The number of halogens is 3. The van der Waals surface area contributed by atoms with Crippen molar-refractivity contribution in [1.29, 1.82) is 0 Å². The van der Waals surface area contributed by atoms with E-state index < -0.39 is 21.7 Å². The standard InChI is InChI=1S/C56H36BrN.C49H32BrN.C37H26BrN/c57-39-28-31-46-48-33-30-41(35-53(48)55(52(46)34-39,37-16-4-1-5-17-37)38-18-6-2-7-19-38)58(40-20-8-3-9-21-40)42-29-32-47-45-24-12-15-27-51(45)56(54(47)36-42)49-25-13-10-22-43(49)44-23-11-14-26-50(44)56;50-37-23-29-43-44-30-28-40(32-48(44)49(47(43)31-37)45-17-9-7-15-41(45)42-16-8-10-18-46(42)49)51(38-24-19-35(20-25-38)33-11-3-1-4-12-33)39-26-21-36(22-27-39)34-13-5-2-6-14-34;38-29-21-23-33-34-24-22-32(39(30-17-9-3-10-18-30)31-19-11-4-12-20-31)26-36(34)37(35(33)25-29,27-13-5-1-6-14-27)28-15-7-2-8-16-28/h1-36H;1-32H;1-26H. The number of fused-ring (bicyclic) bond motifs is 26. The molecule has 0 aliphatic heterocycles. The summed E-state index contributed by atoms with van der Waals surface area (Å²) in [5.74, 6) is 0. The zero-order valence-electron chi connectivity index (χ0n) is 80.7. The van der Waals surface area contributed by atoms with Gasteiger partial charge in [-0.25, -0.2) is 0 Å². The minimum atomic E-state index is -0.532. The van der Waals surface area contributed by atoms with E-state index in [1.807, 2.05) is 0 Å². The number of benzene rings is 23. The molecule has 29 rings (SSSR count). The largest absolute Gasteiger partial charge is 0.310 e. The molecule has 0 radical (unpaired) electrons. The van der Waals surface area contributed by atoms with Crippen LogP contribution in [0.25, 0.3) is 89.0 Å². The van der Waals surface area contributed by atoms with Crippen LogP contribution in [0.3, 0.4) is 0 Å².